The number of nitrogens with zero attached hydrogens (tertiary/aromatic N) is 1. The van der Waals surface area contributed by atoms with Gasteiger partial charge in [0.1, 0.15) is 5.01 Å². The molecule has 1 aromatic rings. The molecular formula is C15H28N2S. The Labute approximate surface area is 116 Å². The molecule has 0 saturated heterocycles. The second kappa shape index (κ2) is 6.16. The van der Waals surface area contributed by atoms with E-state index in [1.165, 1.54) is 10.7 Å². The summed E-state index contributed by atoms with van der Waals surface area (Å²) in [6, 6.07) is 0.472. The van der Waals surface area contributed by atoms with Gasteiger partial charge in [0.15, 0.2) is 0 Å². The van der Waals surface area contributed by atoms with Gasteiger partial charge in [-0.25, -0.2) is 4.98 Å². The molecule has 0 aliphatic carbocycles. The molecule has 104 valence electrons. The van der Waals surface area contributed by atoms with Crippen LogP contribution in [-0.2, 0) is 5.54 Å². The molecule has 0 radical (unpaired) electrons. The Hall–Kier alpha value is -0.410. The summed E-state index contributed by atoms with van der Waals surface area (Å²) in [6.45, 7) is 15.7. The highest BCUT2D eigenvalue weighted by Crippen LogP contribution is 2.32. The summed E-state index contributed by atoms with van der Waals surface area (Å²) in [7, 11) is 0. The molecule has 2 nitrogen and oxygen atoms in total. The fourth-order valence-corrected chi connectivity index (χ4v) is 3.58. The minimum atomic E-state index is 0.000139. The zero-order chi connectivity index (χ0) is 13.9. The van der Waals surface area contributed by atoms with Crippen molar-refractivity contribution in [1.29, 1.82) is 0 Å². The highest BCUT2D eigenvalue weighted by molar-refractivity contribution is 7.09. The molecule has 0 spiro atoms. The fourth-order valence-electron chi connectivity index (χ4n) is 2.47. The van der Waals surface area contributed by atoms with Crippen LogP contribution in [0.4, 0.5) is 0 Å². The Morgan fingerprint density at radius 2 is 1.83 bits per heavy atom. The number of aromatic nitrogens is 1. The summed E-state index contributed by atoms with van der Waals surface area (Å²) in [6.07, 6.45) is 1.12. The largest absolute Gasteiger partial charge is 0.303 e. The molecule has 1 unspecified atom stereocenters. The lowest BCUT2D eigenvalue weighted by molar-refractivity contribution is 0.274. The van der Waals surface area contributed by atoms with Crippen LogP contribution in [-0.4, -0.2) is 11.0 Å². The van der Waals surface area contributed by atoms with Gasteiger partial charge in [-0.15, -0.1) is 11.3 Å². The third-order valence-electron chi connectivity index (χ3n) is 3.01. The standard InChI is InChI=1S/C15H28N2S/c1-10(2)8-15(7,17-12(5)6)14-16-13(9-18-14)11(3)4/h9-12,17H,8H2,1-7H3. The molecule has 0 aliphatic heterocycles. The topological polar surface area (TPSA) is 24.9 Å². The van der Waals surface area contributed by atoms with Crippen molar-refractivity contribution in [2.75, 3.05) is 0 Å². The van der Waals surface area contributed by atoms with Gasteiger partial charge >= 0.3 is 0 Å². The van der Waals surface area contributed by atoms with Crippen LogP contribution < -0.4 is 5.32 Å². The van der Waals surface area contributed by atoms with E-state index in [4.69, 9.17) is 4.98 Å². The first-order valence-electron chi connectivity index (χ1n) is 6.98. The first kappa shape index (κ1) is 15.6. The molecule has 0 bridgehead atoms. The lowest BCUT2D eigenvalue weighted by Gasteiger charge is -2.33. The number of hydrogen-bond donors (Lipinski definition) is 1. The third-order valence-corrected chi connectivity index (χ3v) is 4.13. The van der Waals surface area contributed by atoms with Crippen LogP contribution in [0.3, 0.4) is 0 Å². The van der Waals surface area contributed by atoms with E-state index >= 15 is 0 Å². The van der Waals surface area contributed by atoms with Crippen molar-refractivity contribution in [1.82, 2.24) is 10.3 Å². The molecule has 0 aromatic carbocycles. The van der Waals surface area contributed by atoms with Crippen molar-refractivity contribution in [3.8, 4) is 0 Å². The van der Waals surface area contributed by atoms with Gasteiger partial charge in [-0.05, 0) is 39.0 Å². The number of nitrogens with one attached hydrogen (secondary N) is 1. The summed E-state index contributed by atoms with van der Waals surface area (Å²) in [5.41, 5.74) is 1.22. The number of hydrogen-bond acceptors (Lipinski definition) is 3. The minimum absolute atomic E-state index is 0.000139. The normalized spacial score (nSPS) is 15.7. The Kier molecular flexibility index (Phi) is 5.35. The summed E-state index contributed by atoms with van der Waals surface area (Å²) < 4.78 is 0. The van der Waals surface area contributed by atoms with Crippen LogP contribution in [0.2, 0.25) is 0 Å². The van der Waals surface area contributed by atoms with Crippen LogP contribution in [0.25, 0.3) is 0 Å². The second-order valence-electron chi connectivity index (χ2n) is 6.46. The van der Waals surface area contributed by atoms with Crippen molar-refractivity contribution >= 4 is 11.3 Å². The SMILES string of the molecule is CC(C)CC(C)(NC(C)C)c1nc(C(C)C)cs1. The van der Waals surface area contributed by atoms with Crippen molar-refractivity contribution < 1.29 is 0 Å². The Morgan fingerprint density at radius 1 is 1.22 bits per heavy atom. The van der Waals surface area contributed by atoms with Gasteiger partial charge in [0.25, 0.3) is 0 Å². The molecule has 3 heteroatoms. The molecule has 1 N–H and O–H groups in total. The Morgan fingerprint density at radius 3 is 2.22 bits per heavy atom. The van der Waals surface area contributed by atoms with E-state index in [1.54, 1.807) is 11.3 Å². The quantitative estimate of drug-likeness (QED) is 0.820. The van der Waals surface area contributed by atoms with Crippen LogP contribution in [0.5, 0.6) is 0 Å². The van der Waals surface area contributed by atoms with Crippen molar-refractivity contribution in [3.05, 3.63) is 16.1 Å². The molecule has 0 aliphatic rings. The van der Waals surface area contributed by atoms with E-state index in [2.05, 4.69) is 59.2 Å². The molecule has 0 fully saturated rings. The van der Waals surface area contributed by atoms with Crippen LogP contribution in [0, 0.1) is 5.92 Å². The average molecular weight is 268 g/mol. The summed E-state index contributed by atoms with van der Waals surface area (Å²) in [4.78, 5) is 4.84. The minimum Gasteiger partial charge on any atom is -0.303 e. The number of rotatable bonds is 6. The van der Waals surface area contributed by atoms with E-state index in [0.717, 1.165) is 6.42 Å². The highest BCUT2D eigenvalue weighted by atomic mass is 32.1. The maximum atomic E-state index is 4.84. The molecule has 1 atom stereocenters. The zero-order valence-electron chi connectivity index (χ0n) is 12.9. The first-order chi connectivity index (χ1) is 8.24. The molecule has 18 heavy (non-hydrogen) atoms. The third kappa shape index (κ3) is 4.06. The molecule has 1 heterocycles. The highest BCUT2D eigenvalue weighted by Gasteiger charge is 2.31. The van der Waals surface area contributed by atoms with Gasteiger partial charge in [-0.3, -0.25) is 0 Å². The van der Waals surface area contributed by atoms with E-state index in [-0.39, 0.29) is 5.54 Å². The molecule has 0 amide bonds. The Bertz CT molecular complexity index is 356. The average Bonchev–Trinajstić information content (AvgIpc) is 2.63. The molecule has 0 saturated carbocycles. The summed E-state index contributed by atoms with van der Waals surface area (Å²) >= 11 is 1.80. The lowest BCUT2D eigenvalue weighted by Crippen LogP contribution is -2.44. The predicted octanol–water partition coefficient (Wildman–Crippen LogP) is 4.53. The number of thiazole rings is 1. The van der Waals surface area contributed by atoms with E-state index in [0.29, 0.717) is 17.9 Å². The first-order valence-corrected chi connectivity index (χ1v) is 7.86. The van der Waals surface area contributed by atoms with E-state index in [1.807, 2.05) is 0 Å². The van der Waals surface area contributed by atoms with Gasteiger partial charge in [0.2, 0.25) is 0 Å². The van der Waals surface area contributed by atoms with Crippen LogP contribution in [0.15, 0.2) is 5.38 Å². The molecule has 1 aromatic heterocycles. The summed E-state index contributed by atoms with van der Waals surface area (Å²) in [5, 5.41) is 7.14. The van der Waals surface area contributed by atoms with Crippen LogP contribution in [0.1, 0.15) is 71.5 Å². The maximum Gasteiger partial charge on any atom is 0.113 e. The molecule has 1 rings (SSSR count). The van der Waals surface area contributed by atoms with Crippen LogP contribution >= 0.6 is 11.3 Å². The zero-order valence-corrected chi connectivity index (χ0v) is 13.7. The van der Waals surface area contributed by atoms with E-state index in [9.17, 15) is 0 Å². The van der Waals surface area contributed by atoms with Gasteiger partial charge < -0.3 is 5.32 Å². The van der Waals surface area contributed by atoms with Gasteiger partial charge in [0, 0.05) is 11.4 Å². The van der Waals surface area contributed by atoms with Gasteiger partial charge in [-0.1, -0.05) is 27.7 Å². The second-order valence-corrected chi connectivity index (χ2v) is 7.32. The Balaban J connectivity index is 3.00. The van der Waals surface area contributed by atoms with Crippen molar-refractivity contribution in [3.63, 3.8) is 0 Å². The van der Waals surface area contributed by atoms with Gasteiger partial charge in [0.05, 0.1) is 11.2 Å². The fraction of sp³-hybridized carbons (Fsp3) is 0.800. The molecular weight excluding hydrogens is 240 g/mol. The summed E-state index contributed by atoms with van der Waals surface area (Å²) in [5.74, 6) is 1.17. The lowest BCUT2D eigenvalue weighted by atomic mass is 9.90. The predicted molar refractivity (Wildman–Crippen MR) is 81.3 cm³/mol. The van der Waals surface area contributed by atoms with Crippen molar-refractivity contribution in [2.45, 2.75) is 72.4 Å². The van der Waals surface area contributed by atoms with Crippen molar-refractivity contribution in [2.24, 2.45) is 5.92 Å². The van der Waals surface area contributed by atoms with Gasteiger partial charge in [-0.2, -0.15) is 0 Å². The maximum absolute atomic E-state index is 4.84. The monoisotopic (exact) mass is 268 g/mol. The smallest absolute Gasteiger partial charge is 0.113 e. The van der Waals surface area contributed by atoms with E-state index < -0.39 is 0 Å².